The van der Waals surface area contributed by atoms with Crippen molar-refractivity contribution < 1.29 is 21.6 Å². The van der Waals surface area contributed by atoms with Gasteiger partial charge in [-0.3, -0.25) is 4.98 Å². The van der Waals surface area contributed by atoms with Crippen LogP contribution >= 0.6 is 0 Å². The van der Waals surface area contributed by atoms with Gasteiger partial charge in [0.25, 0.3) is 10.2 Å². The smallest absolute Gasteiger partial charge is 0.369 e. The molecule has 11 heteroatoms. The van der Waals surface area contributed by atoms with Crippen molar-refractivity contribution >= 4 is 26.8 Å². The lowest BCUT2D eigenvalue weighted by molar-refractivity contribution is -0.136. The number of alkyl halides is 3. The Morgan fingerprint density at radius 2 is 2.00 bits per heavy atom. The number of nitrogens with zero attached hydrogens (tertiary/aromatic N) is 2. The molecule has 1 aromatic heterocycles. The van der Waals surface area contributed by atoms with E-state index >= 15 is 0 Å². The van der Waals surface area contributed by atoms with Crippen LogP contribution in [0.4, 0.5) is 18.9 Å². The van der Waals surface area contributed by atoms with E-state index in [2.05, 4.69) is 26.8 Å². The van der Waals surface area contributed by atoms with Crippen molar-refractivity contribution in [1.82, 2.24) is 15.0 Å². The average Bonchev–Trinajstić information content (AvgIpc) is 2.62. The van der Waals surface area contributed by atoms with Crippen LogP contribution in [0.15, 0.2) is 30.5 Å². The molecule has 0 bridgehead atoms. The standard InChI is InChI=1S/C18H24F3N5O2S/c1-12-9-13(23-7-8-25-29(22,27)28)11-26(10-12)16-5-4-15(18(19,20)21)17-14(16)3-2-6-24-17/h2-6,12-13,23,25H,7-11H2,1H3,(H2,22,27,28)/t12-,13+/m0/s1. The molecule has 1 aliphatic rings. The third-order valence-corrected chi connectivity index (χ3v) is 5.52. The maximum Gasteiger partial charge on any atom is 0.418 e. The topological polar surface area (TPSA) is 100 Å². The average molecular weight is 431 g/mol. The molecule has 0 saturated carbocycles. The second kappa shape index (κ2) is 8.42. The summed E-state index contributed by atoms with van der Waals surface area (Å²) in [5, 5.41) is 8.66. The Morgan fingerprint density at radius 3 is 2.69 bits per heavy atom. The number of pyridine rings is 1. The zero-order valence-corrected chi connectivity index (χ0v) is 16.7. The van der Waals surface area contributed by atoms with E-state index < -0.39 is 21.9 Å². The minimum absolute atomic E-state index is 0.0578. The fourth-order valence-electron chi connectivity index (χ4n) is 3.83. The summed E-state index contributed by atoms with van der Waals surface area (Å²) in [7, 11) is -3.73. The quantitative estimate of drug-likeness (QED) is 0.606. The molecule has 1 aliphatic heterocycles. The first-order valence-corrected chi connectivity index (χ1v) is 10.8. The molecule has 0 spiro atoms. The first-order valence-electron chi connectivity index (χ1n) is 9.25. The number of hydrogen-bond donors (Lipinski definition) is 3. The van der Waals surface area contributed by atoms with Gasteiger partial charge >= 0.3 is 6.18 Å². The van der Waals surface area contributed by atoms with Crippen molar-refractivity contribution in [1.29, 1.82) is 0 Å². The SMILES string of the molecule is C[C@H]1C[C@@H](NCCNS(N)(=O)=O)CN(c2ccc(C(F)(F)F)c3ncccc23)C1. The highest BCUT2D eigenvalue weighted by molar-refractivity contribution is 7.87. The number of piperidine rings is 1. The number of anilines is 1. The Morgan fingerprint density at radius 1 is 1.24 bits per heavy atom. The Labute approximate surface area is 167 Å². The molecule has 160 valence electrons. The summed E-state index contributed by atoms with van der Waals surface area (Å²) in [6, 6.07) is 5.95. The fourth-order valence-corrected chi connectivity index (χ4v) is 4.21. The Bertz CT molecular complexity index is 968. The molecule has 1 aromatic carbocycles. The van der Waals surface area contributed by atoms with Crippen molar-refractivity contribution in [2.75, 3.05) is 31.1 Å². The van der Waals surface area contributed by atoms with Crippen molar-refractivity contribution in [3.05, 3.63) is 36.0 Å². The van der Waals surface area contributed by atoms with E-state index in [9.17, 15) is 21.6 Å². The number of benzene rings is 1. The number of nitrogens with one attached hydrogen (secondary N) is 2. The van der Waals surface area contributed by atoms with Gasteiger partial charge in [0.1, 0.15) is 0 Å². The van der Waals surface area contributed by atoms with Gasteiger partial charge in [0.05, 0.1) is 11.1 Å². The molecule has 2 aromatic rings. The molecule has 3 rings (SSSR count). The van der Waals surface area contributed by atoms with Crippen LogP contribution in [0.1, 0.15) is 18.9 Å². The second-order valence-corrected chi connectivity index (χ2v) is 8.74. The first kappa shape index (κ1) is 21.8. The zero-order chi connectivity index (χ0) is 21.2. The molecule has 0 amide bonds. The van der Waals surface area contributed by atoms with Gasteiger partial charge in [-0.15, -0.1) is 0 Å². The number of halogens is 3. The van der Waals surface area contributed by atoms with Crippen molar-refractivity contribution in [2.24, 2.45) is 11.1 Å². The summed E-state index contributed by atoms with van der Waals surface area (Å²) in [5.74, 6) is 0.307. The highest BCUT2D eigenvalue weighted by Crippen LogP contribution is 2.38. The number of fused-ring (bicyclic) bond motifs is 1. The summed E-state index contributed by atoms with van der Waals surface area (Å²) in [6.45, 7) is 3.94. The summed E-state index contributed by atoms with van der Waals surface area (Å²) < 4.78 is 64.2. The Hall–Kier alpha value is -1.95. The van der Waals surface area contributed by atoms with Crippen molar-refractivity contribution in [2.45, 2.75) is 25.6 Å². The second-order valence-electron chi connectivity index (χ2n) is 7.37. The van der Waals surface area contributed by atoms with Crippen LogP contribution in [0, 0.1) is 5.92 Å². The highest BCUT2D eigenvalue weighted by atomic mass is 32.2. The number of hydrogen-bond acceptors (Lipinski definition) is 5. The van der Waals surface area contributed by atoms with Gasteiger partial charge in [-0.1, -0.05) is 6.92 Å². The van der Waals surface area contributed by atoms with E-state index in [0.717, 1.165) is 12.5 Å². The number of nitrogens with two attached hydrogens (primary N) is 1. The van der Waals surface area contributed by atoms with Crippen LogP contribution < -0.4 is 20.1 Å². The van der Waals surface area contributed by atoms with Gasteiger partial charge in [-0.05, 0) is 36.6 Å². The molecular weight excluding hydrogens is 407 g/mol. The van der Waals surface area contributed by atoms with Gasteiger partial charge < -0.3 is 10.2 Å². The lowest BCUT2D eigenvalue weighted by Gasteiger charge is -2.39. The van der Waals surface area contributed by atoms with E-state index in [4.69, 9.17) is 5.14 Å². The van der Waals surface area contributed by atoms with Crippen LogP contribution in [0.5, 0.6) is 0 Å². The largest absolute Gasteiger partial charge is 0.418 e. The third-order valence-electron chi connectivity index (χ3n) is 4.91. The van der Waals surface area contributed by atoms with E-state index in [1.54, 1.807) is 12.1 Å². The molecule has 0 unspecified atom stereocenters. The molecule has 7 nitrogen and oxygen atoms in total. The minimum atomic E-state index is -4.47. The molecule has 0 radical (unpaired) electrons. The summed E-state index contributed by atoms with van der Waals surface area (Å²) in [5.41, 5.74) is -0.0923. The van der Waals surface area contributed by atoms with Crippen molar-refractivity contribution in [3.63, 3.8) is 0 Å². The third kappa shape index (κ3) is 5.56. The summed E-state index contributed by atoms with van der Waals surface area (Å²) >= 11 is 0. The van der Waals surface area contributed by atoms with Gasteiger partial charge in [-0.2, -0.15) is 21.6 Å². The van der Waals surface area contributed by atoms with Gasteiger partial charge in [0, 0.05) is 49.5 Å². The van der Waals surface area contributed by atoms with E-state index in [1.807, 2.05) is 0 Å². The Kier molecular flexibility index (Phi) is 6.32. The summed E-state index contributed by atoms with van der Waals surface area (Å²) in [6.07, 6.45) is -2.23. The number of rotatable bonds is 6. The maximum absolute atomic E-state index is 13.4. The minimum Gasteiger partial charge on any atom is -0.369 e. The molecule has 1 fully saturated rings. The van der Waals surface area contributed by atoms with Crippen LogP contribution in [0.25, 0.3) is 10.9 Å². The first-order chi connectivity index (χ1) is 13.5. The normalized spacial score (nSPS) is 20.9. The Balaban J connectivity index is 1.80. The van der Waals surface area contributed by atoms with Crippen LogP contribution in [-0.4, -0.2) is 45.6 Å². The zero-order valence-electron chi connectivity index (χ0n) is 15.9. The highest BCUT2D eigenvalue weighted by Gasteiger charge is 2.34. The predicted molar refractivity (Wildman–Crippen MR) is 106 cm³/mol. The van der Waals surface area contributed by atoms with Crippen LogP contribution in [0.3, 0.4) is 0 Å². The monoisotopic (exact) mass is 431 g/mol. The molecule has 4 N–H and O–H groups in total. The molecule has 2 atom stereocenters. The van der Waals surface area contributed by atoms with Gasteiger partial charge in [0.2, 0.25) is 0 Å². The molecule has 0 aliphatic carbocycles. The van der Waals surface area contributed by atoms with Crippen LogP contribution in [0.2, 0.25) is 0 Å². The van der Waals surface area contributed by atoms with E-state index in [0.29, 0.717) is 36.6 Å². The van der Waals surface area contributed by atoms with Gasteiger partial charge in [0.15, 0.2) is 0 Å². The van der Waals surface area contributed by atoms with Crippen LogP contribution in [-0.2, 0) is 16.4 Å². The molecular formula is C18H24F3N5O2S. The molecule has 29 heavy (non-hydrogen) atoms. The fraction of sp³-hybridized carbons (Fsp3) is 0.500. The molecule has 2 heterocycles. The van der Waals surface area contributed by atoms with E-state index in [1.165, 1.54) is 12.3 Å². The van der Waals surface area contributed by atoms with E-state index in [-0.39, 0.29) is 18.1 Å². The lowest BCUT2D eigenvalue weighted by Crippen LogP contribution is -2.50. The number of aromatic nitrogens is 1. The summed E-state index contributed by atoms with van der Waals surface area (Å²) in [4.78, 5) is 6.04. The lowest BCUT2D eigenvalue weighted by atomic mass is 9.94. The molecule has 1 saturated heterocycles. The maximum atomic E-state index is 13.4. The van der Waals surface area contributed by atoms with Crippen molar-refractivity contribution in [3.8, 4) is 0 Å². The van der Waals surface area contributed by atoms with Gasteiger partial charge in [-0.25, -0.2) is 9.86 Å². The predicted octanol–water partition coefficient (Wildman–Crippen LogP) is 1.85.